The minimum absolute atomic E-state index is 0.0456. The van der Waals surface area contributed by atoms with Crippen molar-refractivity contribution >= 4 is 11.7 Å². The molecule has 7 rings (SSSR count). The lowest BCUT2D eigenvalue weighted by Crippen LogP contribution is -2.60. The molecule has 0 bridgehead atoms. The zero-order valence-electron chi connectivity index (χ0n) is 24.7. The number of morpholine rings is 1. The van der Waals surface area contributed by atoms with Gasteiger partial charge in [0.25, 0.3) is 5.91 Å². The van der Waals surface area contributed by atoms with E-state index in [1.807, 2.05) is 0 Å². The molecule has 7 atom stereocenters. The minimum atomic E-state index is -1.67. The third-order valence-corrected chi connectivity index (χ3v) is 9.29. The maximum absolute atomic E-state index is 14.2. The second-order valence-electron chi connectivity index (χ2n) is 11.8. The summed E-state index contributed by atoms with van der Waals surface area (Å²) in [5.41, 5.74) is 1.81. The second-order valence-corrected chi connectivity index (χ2v) is 11.8. The molecule has 4 N–H and O–H groups in total. The van der Waals surface area contributed by atoms with Crippen LogP contribution in [0.4, 0.5) is 0 Å². The fourth-order valence-corrected chi connectivity index (χ4v) is 6.94. The van der Waals surface area contributed by atoms with Gasteiger partial charge in [0.2, 0.25) is 13.1 Å². The molecule has 0 radical (unpaired) electrons. The normalized spacial score (nSPS) is 30.6. The second kappa shape index (κ2) is 12.0. The number of ketones is 1. The van der Waals surface area contributed by atoms with Crippen LogP contribution in [-0.2, 0) is 9.47 Å². The molecule has 0 spiro atoms. The predicted molar refractivity (Wildman–Crippen MR) is 153 cm³/mol. The zero-order valence-corrected chi connectivity index (χ0v) is 24.7. The number of fused-ring (bicyclic) bond motifs is 6. The average molecular weight is 629 g/mol. The van der Waals surface area contributed by atoms with Gasteiger partial charge in [0.15, 0.2) is 28.8 Å². The highest BCUT2D eigenvalue weighted by Gasteiger charge is 2.52. The van der Waals surface area contributed by atoms with Gasteiger partial charge in [-0.3, -0.25) is 14.5 Å². The number of aliphatic hydroxyl groups excluding tert-OH is 4. The fourth-order valence-electron chi connectivity index (χ4n) is 6.94. The smallest absolute Gasteiger partial charge is 0.254 e. The van der Waals surface area contributed by atoms with Crippen molar-refractivity contribution in [1.29, 1.82) is 0 Å². The van der Waals surface area contributed by atoms with Gasteiger partial charge in [-0.15, -0.1) is 0 Å². The van der Waals surface area contributed by atoms with Gasteiger partial charge in [0.05, 0.1) is 38.9 Å². The fraction of sp³-hybridized carbons (Fsp3) is 0.548. The number of benzene rings is 2. The summed E-state index contributed by atoms with van der Waals surface area (Å²) in [5, 5.41) is 40.7. The van der Waals surface area contributed by atoms with E-state index in [0.717, 1.165) is 19.6 Å². The number of carbonyl (C=O) groups excluding carboxylic acids is 2. The molecule has 14 heteroatoms. The zero-order chi connectivity index (χ0) is 31.4. The molecule has 1 amide bonds. The molecular formula is C31H36N2O12. The van der Waals surface area contributed by atoms with E-state index in [1.165, 1.54) is 19.2 Å². The molecule has 2 aromatic rings. The molecule has 2 fully saturated rings. The summed E-state index contributed by atoms with van der Waals surface area (Å²) in [6, 6.07) is 5.87. The summed E-state index contributed by atoms with van der Waals surface area (Å²) in [6.45, 7) is 3.58. The lowest BCUT2D eigenvalue weighted by atomic mass is 9.82. The van der Waals surface area contributed by atoms with Crippen LogP contribution >= 0.6 is 0 Å². The standard InChI is InChI=1S/C31H36N2O12/c1-40-19-12-18-15(9-22(19)44-31-29(38)28(37)27(36)23(13-34)45-31)24-25(16-10-20-21(43-14-42-20)11-17(16)26(24)35)33(30(18)39)4-2-3-32-5-7-41-8-6-32/h9-12,23-25,27-29,31,34,36-38H,2-8,13-14H2,1H3/t23-,24?,25?,27+,28+,29-,31-/m1/s1. The summed E-state index contributed by atoms with van der Waals surface area (Å²) >= 11 is 0. The summed E-state index contributed by atoms with van der Waals surface area (Å²) in [7, 11) is 1.39. The molecule has 2 aromatic carbocycles. The number of ether oxygens (including phenoxy) is 6. The highest BCUT2D eigenvalue weighted by molar-refractivity contribution is 6.11. The minimum Gasteiger partial charge on any atom is -0.493 e. The van der Waals surface area contributed by atoms with Crippen LogP contribution in [0.15, 0.2) is 24.3 Å². The van der Waals surface area contributed by atoms with Crippen molar-refractivity contribution in [1.82, 2.24) is 9.80 Å². The van der Waals surface area contributed by atoms with Crippen molar-refractivity contribution in [3.05, 3.63) is 46.5 Å². The van der Waals surface area contributed by atoms with Crippen LogP contribution in [0.25, 0.3) is 0 Å². The van der Waals surface area contributed by atoms with Crippen molar-refractivity contribution in [2.24, 2.45) is 0 Å². The van der Waals surface area contributed by atoms with Gasteiger partial charge in [0, 0.05) is 37.3 Å². The van der Waals surface area contributed by atoms with E-state index < -0.39 is 49.3 Å². The molecule has 5 aliphatic rings. The first-order chi connectivity index (χ1) is 21.8. The van der Waals surface area contributed by atoms with Gasteiger partial charge in [-0.2, -0.15) is 0 Å². The first-order valence-electron chi connectivity index (χ1n) is 15.1. The average Bonchev–Trinajstić information content (AvgIpc) is 3.63. The number of hydrogen-bond donors (Lipinski definition) is 4. The molecule has 0 aromatic heterocycles. The van der Waals surface area contributed by atoms with Gasteiger partial charge in [-0.25, -0.2) is 0 Å². The summed E-state index contributed by atoms with van der Waals surface area (Å²) in [6.07, 6.45) is -6.88. The van der Waals surface area contributed by atoms with Crippen LogP contribution in [-0.4, -0.2) is 133 Å². The van der Waals surface area contributed by atoms with E-state index in [-0.39, 0.29) is 35.5 Å². The quantitative estimate of drug-likeness (QED) is 0.303. The Morgan fingerprint density at radius 1 is 0.889 bits per heavy atom. The van der Waals surface area contributed by atoms with Crippen LogP contribution in [0, 0.1) is 0 Å². The SMILES string of the molecule is COc1cc2c(cc1O[C@@H]1O[C@H](CO)[C@H](O)[C@H](O)[C@H]1O)C1C(=O)c3cc4c(cc3C1N(CCCN1CCOCC1)C2=O)OCO4. The number of Topliss-reactive ketones (excluding diaryl/α,β-unsaturated/α-hetero) is 1. The number of rotatable bonds is 8. The van der Waals surface area contributed by atoms with E-state index >= 15 is 0 Å². The number of hydrogen-bond acceptors (Lipinski definition) is 13. The molecule has 2 unspecified atom stereocenters. The maximum atomic E-state index is 14.2. The Balaban J connectivity index is 1.25. The van der Waals surface area contributed by atoms with Gasteiger partial charge in [-0.1, -0.05) is 0 Å². The van der Waals surface area contributed by atoms with Crippen LogP contribution in [0.3, 0.4) is 0 Å². The topological polar surface area (TPSA) is 177 Å². The molecular weight excluding hydrogens is 592 g/mol. The number of carbonyl (C=O) groups is 2. The monoisotopic (exact) mass is 628 g/mol. The van der Waals surface area contributed by atoms with Crippen LogP contribution < -0.4 is 18.9 Å². The summed E-state index contributed by atoms with van der Waals surface area (Å²) in [4.78, 5) is 32.4. The van der Waals surface area contributed by atoms with Gasteiger partial charge < -0.3 is 53.7 Å². The molecule has 4 heterocycles. The van der Waals surface area contributed by atoms with E-state index in [1.54, 1.807) is 17.0 Å². The molecule has 1 aliphatic carbocycles. The number of aliphatic hydroxyl groups is 4. The summed E-state index contributed by atoms with van der Waals surface area (Å²) < 4.78 is 33.7. The number of nitrogens with zero attached hydrogens (tertiary/aromatic N) is 2. The van der Waals surface area contributed by atoms with Crippen LogP contribution in [0.2, 0.25) is 0 Å². The lowest BCUT2D eigenvalue weighted by molar-refractivity contribution is -0.277. The van der Waals surface area contributed by atoms with E-state index in [0.29, 0.717) is 54.4 Å². The lowest BCUT2D eigenvalue weighted by Gasteiger charge is -2.41. The summed E-state index contributed by atoms with van der Waals surface area (Å²) in [5.74, 6) is -0.0852. The molecule has 45 heavy (non-hydrogen) atoms. The van der Waals surface area contributed by atoms with Crippen molar-refractivity contribution < 1.29 is 58.4 Å². The Morgan fingerprint density at radius 3 is 2.38 bits per heavy atom. The molecule has 14 nitrogen and oxygen atoms in total. The number of amides is 1. The molecule has 2 saturated heterocycles. The van der Waals surface area contributed by atoms with E-state index in [4.69, 9.17) is 28.4 Å². The first kappa shape index (κ1) is 30.2. The predicted octanol–water partition coefficient (Wildman–Crippen LogP) is -0.198. The Morgan fingerprint density at radius 2 is 1.64 bits per heavy atom. The van der Waals surface area contributed by atoms with Gasteiger partial charge >= 0.3 is 0 Å². The van der Waals surface area contributed by atoms with Gasteiger partial charge in [-0.05, 0) is 41.8 Å². The largest absolute Gasteiger partial charge is 0.493 e. The van der Waals surface area contributed by atoms with Crippen molar-refractivity contribution in [3.8, 4) is 23.0 Å². The van der Waals surface area contributed by atoms with E-state index in [9.17, 15) is 30.0 Å². The third kappa shape index (κ3) is 5.10. The molecule has 242 valence electrons. The molecule has 4 aliphatic heterocycles. The van der Waals surface area contributed by atoms with Crippen molar-refractivity contribution in [2.75, 3.05) is 59.9 Å². The molecule has 0 saturated carbocycles. The maximum Gasteiger partial charge on any atom is 0.254 e. The van der Waals surface area contributed by atoms with Crippen LogP contribution in [0.1, 0.15) is 50.2 Å². The van der Waals surface area contributed by atoms with E-state index in [2.05, 4.69) is 4.90 Å². The van der Waals surface area contributed by atoms with Gasteiger partial charge in [0.1, 0.15) is 24.4 Å². The first-order valence-corrected chi connectivity index (χ1v) is 15.1. The number of methoxy groups -OCH3 is 1. The highest BCUT2D eigenvalue weighted by Crippen LogP contribution is 2.54. The highest BCUT2D eigenvalue weighted by atomic mass is 16.7. The third-order valence-electron chi connectivity index (χ3n) is 9.29. The Kier molecular flexibility index (Phi) is 8.06. The Hall–Kier alpha value is -3.50. The Labute approximate surface area is 258 Å². The van der Waals surface area contributed by atoms with Crippen LogP contribution in [0.5, 0.6) is 23.0 Å². The Bertz CT molecular complexity index is 1480. The van der Waals surface area contributed by atoms with Crippen molar-refractivity contribution in [3.63, 3.8) is 0 Å². The van der Waals surface area contributed by atoms with Crippen molar-refractivity contribution in [2.45, 2.75) is 49.1 Å².